The Kier molecular flexibility index (Phi) is 5.82. The fraction of sp³-hybridized carbons (Fsp3) is 0.750. The highest BCUT2D eigenvalue weighted by molar-refractivity contribution is 6.27. The van der Waals surface area contributed by atoms with Crippen LogP contribution in [0.2, 0.25) is 0 Å². The predicted octanol–water partition coefficient (Wildman–Crippen LogP) is -0.629. The number of hydrogen-bond acceptors (Lipinski definition) is 4. The second-order valence-electron chi connectivity index (χ2n) is 3.22. The highest BCUT2D eigenvalue weighted by Crippen LogP contribution is 2.14. The van der Waals surface area contributed by atoms with Crippen LogP contribution in [0.4, 0.5) is 0 Å². The normalized spacial score (nSPS) is 25.9. The summed E-state index contributed by atoms with van der Waals surface area (Å²) in [5.41, 5.74) is 11.3. The molecule has 2 atom stereocenters. The Labute approximate surface area is 81.9 Å². The van der Waals surface area contributed by atoms with Crippen molar-refractivity contribution in [3.63, 3.8) is 0 Å². The number of carboxylic acid groups (broad SMARTS) is 2. The van der Waals surface area contributed by atoms with Crippen molar-refractivity contribution < 1.29 is 19.8 Å². The maximum Gasteiger partial charge on any atom is 0.414 e. The lowest BCUT2D eigenvalue weighted by atomic mass is 9.92. The molecule has 6 N–H and O–H groups in total. The van der Waals surface area contributed by atoms with Gasteiger partial charge in [0.2, 0.25) is 0 Å². The van der Waals surface area contributed by atoms with Crippen LogP contribution < -0.4 is 11.5 Å². The van der Waals surface area contributed by atoms with Crippen LogP contribution in [0.3, 0.4) is 0 Å². The Morgan fingerprint density at radius 1 is 0.929 bits per heavy atom. The first kappa shape index (κ1) is 12.9. The van der Waals surface area contributed by atoms with Gasteiger partial charge in [0, 0.05) is 12.1 Å². The van der Waals surface area contributed by atoms with Crippen molar-refractivity contribution in [1.29, 1.82) is 0 Å². The molecule has 14 heavy (non-hydrogen) atoms. The Hall–Kier alpha value is -1.14. The van der Waals surface area contributed by atoms with E-state index in [0.717, 1.165) is 12.8 Å². The Bertz CT molecular complexity index is 186. The summed E-state index contributed by atoms with van der Waals surface area (Å²) in [7, 11) is 0. The highest BCUT2D eigenvalue weighted by Gasteiger charge is 2.16. The molecule has 0 heterocycles. The highest BCUT2D eigenvalue weighted by atomic mass is 16.4. The van der Waals surface area contributed by atoms with E-state index in [1.807, 2.05) is 0 Å². The van der Waals surface area contributed by atoms with E-state index >= 15 is 0 Å². The van der Waals surface area contributed by atoms with E-state index in [1.165, 1.54) is 12.8 Å². The molecule has 2 unspecified atom stereocenters. The molecule has 0 aromatic heterocycles. The summed E-state index contributed by atoms with van der Waals surface area (Å²) in [5, 5.41) is 14.8. The van der Waals surface area contributed by atoms with Gasteiger partial charge >= 0.3 is 11.9 Å². The number of rotatable bonds is 0. The van der Waals surface area contributed by atoms with Crippen molar-refractivity contribution in [1.82, 2.24) is 0 Å². The van der Waals surface area contributed by atoms with E-state index in [1.54, 1.807) is 0 Å². The minimum absolute atomic E-state index is 0.281. The van der Waals surface area contributed by atoms with Crippen LogP contribution >= 0.6 is 0 Å². The Balaban J connectivity index is 0.000000255. The smallest absolute Gasteiger partial charge is 0.414 e. The lowest BCUT2D eigenvalue weighted by Crippen LogP contribution is -2.43. The second kappa shape index (κ2) is 6.33. The molecule has 0 aromatic carbocycles. The molecule has 82 valence electrons. The summed E-state index contributed by atoms with van der Waals surface area (Å²) in [6, 6.07) is 0.562. The molecule has 0 bridgehead atoms. The van der Waals surface area contributed by atoms with E-state index in [4.69, 9.17) is 31.3 Å². The van der Waals surface area contributed by atoms with Crippen LogP contribution in [0.15, 0.2) is 0 Å². The molecule has 1 aliphatic rings. The minimum atomic E-state index is -1.82. The standard InChI is InChI=1S/C6H14N2.C2H2O4/c7-5-3-1-2-4-6(5)8;3-1(4)2(5)6/h5-6H,1-4,7-8H2;(H,3,4)(H,5,6). The first-order valence-corrected chi connectivity index (χ1v) is 4.42. The largest absolute Gasteiger partial charge is 0.473 e. The maximum atomic E-state index is 9.10. The SMILES string of the molecule is NC1CCCCC1N.O=C(O)C(=O)O. The molecule has 0 aliphatic heterocycles. The first-order chi connectivity index (χ1) is 6.45. The summed E-state index contributed by atoms with van der Waals surface area (Å²) in [5.74, 6) is -3.65. The molecule has 0 spiro atoms. The van der Waals surface area contributed by atoms with Crippen LogP contribution in [-0.4, -0.2) is 34.2 Å². The van der Waals surface area contributed by atoms with Gasteiger partial charge in [0.05, 0.1) is 0 Å². The zero-order valence-corrected chi connectivity index (χ0v) is 7.85. The summed E-state index contributed by atoms with van der Waals surface area (Å²) < 4.78 is 0. The van der Waals surface area contributed by atoms with Gasteiger partial charge < -0.3 is 21.7 Å². The molecule has 1 saturated carbocycles. The lowest BCUT2D eigenvalue weighted by Gasteiger charge is -2.24. The third-order valence-corrected chi connectivity index (χ3v) is 2.06. The third kappa shape index (κ3) is 5.50. The van der Waals surface area contributed by atoms with Gasteiger partial charge in [-0.25, -0.2) is 9.59 Å². The third-order valence-electron chi connectivity index (χ3n) is 2.06. The molecule has 0 radical (unpaired) electrons. The molecule has 0 amide bonds. The second-order valence-corrected chi connectivity index (χ2v) is 3.22. The number of carboxylic acids is 2. The van der Waals surface area contributed by atoms with E-state index in [2.05, 4.69) is 0 Å². The molecule has 0 aromatic rings. The average Bonchev–Trinajstić information content (AvgIpc) is 2.11. The topological polar surface area (TPSA) is 127 Å². The van der Waals surface area contributed by atoms with Crippen molar-refractivity contribution in [2.45, 2.75) is 37.8 Å². The van der Waals surface area contributed by atoms with Crippen molar-refractivity contribution >= 4 is 11.9 Å². The zero-order valence-electron chi connectivity index (χ0n) is 7.85. The summed E-state index contributed by atoms with van der Waals surface area (Å²) in [4.78, 5) is 18.2. The first-order valence-electron chi connectivity index (χ1n) is 4.42. The van der Waals surface area contributed by atoms with Crippen LogP contribution in [0, 0.1) is 0 Å². The van der Waals surface area contributed by atoms with Crippen LogP contribution in [0.25, 0.3) is 0 Å². The predicted molar refractivity (Wildman–Crippen MR) is 49.7 cm³/mol. The van der Waals surface area contributed by atoms with Gasteiger partial charge in [-0.3, -0.25) is 0 Å². The number of carbonyl (C=O) groups is 2. The van der Waals surface area contributed by atoms with Gasteiger partial charge in [0.15, 0.2) is 0 Å². The zero-order chi connectivity index (χ0) is 11.1. The van der Waals surface area contributed by atoms with E-state index in [0.29, 0.717) is 0 Å². The number of nitrogens with two attached hydrogens (primary N) is 2. The molecule has 1 aliphatic carbocycles. The molecule has 6 heteroatoms. The van der Waals surface area contributed by atoms with E-state index in [9.17, 15) is 0 Å². The van der Waals surface area contributed by atoms with Crippen LogP contribution in [0.1, 0.15) is 25.7 Å². The molecule has 0 saturated heterocycles. The quantitative estimate of drug-likeness (QED) is 0.389. The van der Waals surface area contributed by atoms with Crippen molar-refractivity contribution in [2.24, 2.45) is 11.5 Å². The Morgan fingerprint density at radius 2 is 1.21 bits per heavy atom. The summed E-state index contributed by atoms with van der Waals surface area (Å²) >= 11 is 0. The number of aliphatic carboxylic acids is 2. The van der Waals surface area contributed by atoms with Crippen LogP contribution in [0.5, 0.6) is 0 Å². The molecule has 1 fully saturated rings. The molecule has 1 rings (SSSR count). The monoisotopic (exact) mass is 204 g/mol. The fourth-order valence-corrected chi connectivity index (χ4v) is 1.19. The summed E-state index contributed by atoms with van der Waals surface area (Å²) in [6.45, 7) is 0. The lowest BCUT2D eigenvalue weighted by molar-refractivity contribution is -0.159. The maximum absolute atomic E-state index is 9.10. The van der Waals surface area contributed by atoms with Crippen molar-refractivity contribution in [3.05, 3.63) is 0 Å². The average molecular weight is 204 g/mol. The van der Waals surface area contributed by atoms with Gasteiger partial charge in [-0.05, 0) is 12.8 Å². The van der Waals surface area contributed by atoms with Crippen molar-refractivity contribution in [2.75, 3.05) is 0 Å². The molecular formula is C8H16N2O4. The minimum Gasteiger partial charge on any atom is -0.473 e. The summed E-state index contributed by atoms with van der Waals surface area (Å²) in [6.07, 6.45) is 4.80. The van der Waals surface area contributed by atoms with Gasteiger partial charge in [0.25, 0.3) is 0 Å². The molecular weight excluding hydrogens is 188 g/mol. The van der Waals surface area contributed by atoms with Gasteiger partial charge in [-0.2, -0.15) is 0 Å². The van der Waals surface area contributed by atoms with Crippen LogP contribution in [-0.2, 0) is 9.59 Å². The van der Waals surface area contributed by atoms with Gasteiger partial charge in [-0.15, -0.1) is 0 Å². The molecule has 6 nitrogen and oxygen atoms in total. The van der Waals surface area contributed by atoms with Gasteiger partial charge in [-0.1, -0.05) is 12.8 Å². The van der Waals surface area contributed by atoms with Crippen molar-refractivity contribution in [3.8, 4) is 0 Å². The number of hydrogen-bond donors (Lipinski definition) is 4. The van der Waals surface area contributed by atoms with E-state index in [-0.39, 0.29) is 12.1 Å². The Morgan fingerprint density at radius 3 is 1.36 bits per heavy atom. The van der Waals surface area contributed by atoms with E-state index < -0.39 is 11.9 Å². The van der Waals surface area contributed by atoms with Gasteiger partial charge in [0.1, 0.15) is 0 Å². The fourth-order valence-electron chi connectivity index (χ4n) is 1.19.